The van der Waals surface area contributed by atoms with Crippen LogP contribution in [0.4, 0.5) is 0 Å². The number of hydrogen-bond acceptors (Lipinski definition) is 2. The zero-order valence-electron chi connectivity index (χ0n) is 21.4. The maximum absolute atomic E-state index is 8.76. The van der Waals surface area contributed by atoms with Gasteiger partial charge in [0.1, 0.15) is 4.32 Å². The zero-order valence-corrected chi connectivity index (χ0v) is 23.1. The number of hydrogen-bond donors (Lipinski definition) is 3. The van der Waals surface area contributed by atoms with E-state index < -0.39 is 0 Å². The topological polar surface area (TPSA) is 32.3 Å². The normalized spacial score (nSPS) is 11.2. The van der Waals surface area contributed by atoms with E-state index in [0.717, 1.165) is 13.0 Å². The molecule has 0 amide bonds. The number of aliphatic hydroxyl groups is 1. The second-order valence-corrected chi connectivity index (χ2v) is 11.0. The molecule has 32 heavy (non-hydrogen) atoms. The average Bonchev–Trinajstić information content (AvgIpc) is 2.78. The van der Waals surface area contributed by atoms with Gasteiger partial charge >= 0.3 is 0 Å². The van der Waals surface area contributed by atoms with Gasteiger partial charge in [0.15, 0.2) is 0 Å². The number of thiol groups is 1. The van der Waals surface area contributed by atoms with E-state index in [0.29, 0.717) is 10.9 Å². The first-order valence-corrected chi connectivity index (χ1v) is 15.2. The molecule has 0 aliphatic rings. The van der Waals surface area contributed by atoms with E-state index >= 15 is 0 Å². The van der Waals surface area contributed by atoms with Gasteiger partial charge in [0.25, 0.3) is 0 Å². The Morgan fingerprint density at radius 2 is 0.656 bits per heavy atom. The van der Waals surface area contributed by atoms with Gasteiger partial charge in [-0.25, -0.2) is 0 Å². The van der Waals surface area contributed by atoms with E-state index in [1.807, 2.05) is 0 Å². The van der Waals surface area contributed by atoms with E-state index in [1.165, 1.54) is 154 Å². The first kappa shape index (κ1) is 32.2. The van der Waals surface area contributed by atoms with Gasteiger partial charge in [0, 0.05) is 13.2 Å². The molecule has 0 atom stereocenters. The fraction of sp³-hybridized carbons (Fsp3) is 0.964. The molecule has 2 N–H and O–H groups in total. The standard InChI is InChI=1S/C28H57NOS2/c30-27-25-23-21-19-17-15-13-11-9-7-5-3-1-2-4-6-8-10-12-14-16-18-20-22-24-26-29-28(31)32/h30H,1-27H2,(H2,29,31,32). The van der Waals surface area contributed by atoms with Gasteiger partial charge in [-0.3, -0.25) is 0 Å². The first-order chi connectivity index (χ1) is 15.8. The van der Waals surface area contributed by atoms with Gasteiger partial charge < -0.3 is 10.4 Å². The molecule has 0 radical (unpaired) electrons. The Labute approximate surface area is 212 Å². The zero-order chi connectivity index (χ0) is 23.4. The lowest BCUT2D eigenvalue weighted by atomic mass is 10.0. The number of nitrogens with one attached hydrogen (secondary N) is 1. The van der Waals surface area contributed by atoms with Crippen LogP contribution in [0.1, 0.15) is 161 Å². The summed E-state index contributed by atoms with van der Waals surface area (Å²) in [4.78, 5) is 0. The van der Waals surface area contributed by atoms with Crippen molar-refractivity contribution in [3.63, 3.8) is 0 Å². The molecule has 2 nitrogen and oxygen atoms in total. The second-order valence-electron chi connectivity index (χ2n) is 9.79. The maximum Gasteiger partial charge on any atom is 0.130 e. The predicted octanol–water partition coefficient (Wildman–Crippen LogP) is 9.54. The van der Waals surface area contributed by atoms with Crippen molar-refractivity contribution in [2.45, 2.75) is 161 Å². The number of aliphatic hydroxyl groups excluding tert-OH is 1. The van der Waals surface area contributed by atoms with Crippen LogP contribution >= 0.6 is 24.8 Å². The highest BCUT2D eigenvalue weighted by atomic mass is 32.1. The fourth-order valence-corrected chi connectivity index (χ4v) is 4.71. The van der Waals surface area contributed by atoms with E-state index in [4.69, 9.17) is 17.3 Å². The van der Waals surface area contributed by atoms with Crippen LogP contribution < -0.4 is 5.32 Å². The lowest BCUT2D eigenvalue weighted by Crippen LogP contribution is -2.17. The summed E-state index contributed by atoms with van der Waals surface area (Å²) in [7, 11) is 0. The minimum atomic E-state index is 0.369. The van der Waals surface area contributed by atoms with Gasteiger partial charge in [0.2, 0.25) is 0 Å². The molecule has 0 saturated carbocycles. The van der Waals surface area contributed by atoms with E-state index in [-0.39, 0.29) is 0 Å². The van der Waals surface area contributed by atoms with E-state index in [1.54, 1.807) is 0 Å². The Morgan fingerprint density at radius 3 is 0.875 bits per heavy atom. The highest BCUT2D eigenvalue weighted by molar-refractivity contribution is 8.11. The van der Waals surface area contributed by atoms with Gasteiger partial charge in [0.05, 0.1) is 0 Å². The SMILES string of the molecule is OCCCCCCCCCCCCCCCCCCCCCCCCCCCNC(=S)S. The molecule has 0 saturated heterocycles. The van der Waals surface area contributed by atoms with Crippen molar-refractivity contribution >= 4 is 29.2 Å². The molecule has 0 rings (SSSR count). The largest absolute Gasteiger partial charge is 0.396 e. The lowest BCUT2D eigenvalue weighted by molar-refractivity contribution is 0.282. The molecular formula is C28H57NOS2. The Hall–Kier alpha value is 0.200. The molecule has 192 valence electrons. The summed E-state index contributed by atoms with van der Waals surface area (Å²) in [6.45, 7) is 1.35. The molecule has 0 spiro atoms. The fourth-order valence-electron chi connectivity index (χ4n) is 4.50. The van der Waals surface area contributed by atoms with Crippen LogP contribution in [0.25, 0.3) is 0 Å². The van der Waals surface area contributed by atoms with Crippen molar-refractivity contribution in [2.24, 2.45) is 0 Å². The molecule has 0 aromatic rings. The van der Waals surface area contributed by atoms with E-state index in [9.17, 15) is 0 Å². The number of thiocarbonyl (C=S) groups is 1. The number of rotatable bonds is 27. The molecule has 4 heteroatoms. The molecule has 0 aromatic carbocycles. The Bertz CT molecular complexity index is 365. The van der Waals surface area contributed by atoms with Gasteiger partial charge in [-0.05, 0) is 12.8 Å². The predicted molar refractivity (Wildman–Crippen MR) is 152 cm³/mol. The minimum absolute atomic E-state index is 0.369. The molecule has 0 aliphatic carbocycles. The minimum Gasteiger partial charge on any atom is -0.396 e. The van der Waals surface area contributed by atoms with Crippen LogP contribution in [-0.4, -0.2) is 22.6 Å². The summed E-state index contributed by atoms with van der Waals surface area (Å²) < 4.78 is 0.625. The summed E-state index contributed by atoms with van der Waals surface area (Å²) in [5, 5.41) is 11.9. The monoisotopic (exact) mass is 487 g/mol. The molecule has 0 aliphatic heterocycles. The average molecular weight is 488 g/mol. The Balaban J connectivity index is 3.00. The van der Waals surface area contributed by atoms with Crippen LogP contribution in [0.5, 0.6) is 0 Å². The third-order valence-corrected chi connectivity index (χ3v) is 6.91. The van der Waals surface area contributed by atoms with Crippen molar-refractivity contribution in [3.8, 4) is 0 Å². The summed E-state index contributed by atoms with van der Waals surface area (Å²) in [5.74, 6) is 0. The molecular weight excluding hydrogens is 430 g/mol. The van der Waals surface area contributed by atoms with Crippen molar-refractivity contribution in [1.29, 1.82) is 0 Å². The van der Waals surface area contributed by atoms with Crippen LogP contribution in [-0.2, 0) is 0 Å². The van der Waals surface area contributed by atoms with E-state index in [2.05, 4.69) is 17.9 Å². The van der Waals surface area contributed by atoms with Crippen molar-refractivity contribution in [3.05, 3.63) is 0 Å². The third-order valence-electron chi connectivity index (χ3n) is 6.61. The maximum atomic E-state index is 8.76. The lowest BCUT2D eigenvalue weighted by Gasteiger charge is -2.05. The van der Waals surface area contributed by atoms with Crippen molar-refractivity contribution < 1.29 is 5.11 Å². The van der Waals surface area contributed by atoms with Crippen LogP contribution in [0.2, 0.25) is 0 Å². The Kier molecular flexibility index (Phi) is 29.4. The molecule has 0 aromatic heterocycles. The van der Waals surface area contributed by atoms with Gasteiger partial charge in [-0.1, -0.05) is 160 Å². The summed E-state index contributed by atoms with van der Waals surface area (Å²) in [6, 6.07) is 0. The highest BCUT2D eigenvalue weighted by Gasteiger charge is 1.96. The molecule has 0 bridgehead atoms. The molecule has 0 fully saturated rings. The summed E-state index contributed by atoms with van der Waals surface area (Å²) in [6.07, 6.45) is 34.8. The van der Waals surface area contributed by atoms with Gasteiger partial charge in [-0.15, -0.1) is 12.6 Å². The number of unbranched alkanes of at least 4 members (excludes halogenated alkanes) is 24. The second kappa shape index (κ2) is 29.2. The summed E-state index contributed by atoms with van der Waals surface area (Å²) >= 11 is 8.96. The smallest absolute Gasteiger partial charge is 0.130 e. The summed E-state index contributed by atoms with van der Waals surface area (Å²) in [5.41, 5.74) is 0. The molecule has 0 heterocycles. The van der Waals surface area contributed by atoms with Crippen LogP contribution in [0.3, 0.4) is 0 Å². The van der Waals surface area contributed by atoms with Crippen LogP contribution in [0.15, 0.2) is 0 Å². The quantitative estimate of drug-likeness (QED) is 0.0612. The van der Waals surface area contributed by atoms with Crippen molar-refractivity contribution in [2.75, 3.05) is 13.2 Å². The molecule has 0 unspecified atom stereocenters. The van der Waals surface area contributed by atoms with Crippen molar-refractivity contribution in [1.82, 2.24) is 5.32 Å². The third kappa shape index (κ3) is 30.2. The highest BCUT2D eigenvalue weighted by Crippen LogP contribution is 2.15. The first-order valence-electron chi connectivity index (χ1n) is 14.3. The van der Waals surface area contributed by atoms with Crippen LogP contribution in [0, 0.1) is 0 Å². The Morgan fingerprint density at radius 1 is 0.438 bits per heavy atom. The van der Waals surface area contributed by atoms with Gasteiger partial charge in [-0.2, -0.15) is 0 Å².